The summed E-state index contributed by atoms with van der Waals surface area (Å²) in [7, 11) is 0. The first-order chi connectivity index (χ1) is 16.6. The zero-order chi connectivity index (χ0) is 23.5. The number of nitrogens with one attached hydrogen (secondary N) is 1. The van der Waals surface area contributed by atoms with E-state index in [0.29, 0.717) is 29.0 Å². The third-order valence-electron chi connectivity index (χ3n) is 5.59. The van der Waals surface area contributed by atoms with Crippen LogP contribution in [0.3, 0.4) is 0 Å². The largest absolute Gasteiger partial charge is 0.351 e. The first-order valence-corrected chi connectivity index (χ1v) is 12.2. The van der Waals surface area contributed by atoms with Gasteiger partial charge >= 0.3 is 0 Å². The molecule has 1 N–H and O–H groups in total. The summed E-state index contributed by atoms with van der Waals surface area (Å²) in [4.78, 5) is 36.9. The fourth-order valence-corrected chi connectivity index (χ4v) is 4.92. The van der Waals surface area contributed by atoms with Gasteiger partial charge in [0.15, 0.2) is 5.17 Å². The molecule has 0 aromatic heterocycles. The van der Waals surface area contributed by atoms with Crippen molar-refractivity contribution in [2.45, 2.75) is 19.0 Å². The lowest BCUT2D eigenvalue weighted by atomic mass is 10.1. The molecule has 8 heteroatoms. The van der Waals surface area contributed by atoms with Crippen LogP contribution in [-0.2, 0) is 22.6 Å². The molecule has 1 atom stereocenters. The molecule has 0 saturated heterocycles. The minimum atomic E-state index is -0.525. The number of nitrogens with zero attached hydrogens (tertiary/aromatic N) is 3. The molecule has 3 aromatic rings. The number of carbonyl (C=O) groups is 2. The molecule has 2 aliphatic rings. The Morgan fingerprint density at radius 2 is 1.74 bits per heavy atom. The van der Waals surface area contributed by atoms with E-state index in [2.05, 4.69) is 10.3 Å². The predicted octanol–water partition coefficient (Wildman–Crippen LogP) is 4.59. The van der Waals surface area contributed by atoms with Crippen LogP contribution in [0.1, 0.15) is 16.7 Å². The zero-order valence-corrected chi connectivity index (χ0v) is 19.7. The second kappa shape index (κ2) is 9.83. The quantitative estimate of drug-likeness (QED) is 0.551. The maximum absolute atomic E-state index is 13.4. The number of fused-ring (bicyclic) bond motifs is 3. The molecule has 3 aromatic carbocycles. The van der Waals surface area contributed by atoms with Crippen LogP contribution in [0.2, 0.25) is 5.02 Å². The predicted molar refractivity (Wildman–Crippen MR) is 137 cm³/mol. The Hall–Kier alpha value is -3.42. The van der Waals surface area contributed by atoms with E-state index in [1.165, 1.54) is 11.8 Å². The number of thioether (sulfide) groups is 1. The lowest BCUT2D eigenvalue weighted by Gasteiger charge is -2.25. The van der Waals surface area contributed by atoms with Gasteiger partial charge in [-0.3, -0.25) is 14.6 Å². The standard InChI is InChI=1S/C26H21ClN4O2S/c27-20-12-6-4-10-18(20)15-28-23(32)16-34-26-30-21-13-7-5-11-19(21)24-29-22(25(33)31(24)26)14-17-8-2-1-3-9-17/h1-13,22H,14-16H2,(H,28,32). The van der Waals surface area contributed by atoms with Gasteiger partial charge in [-0.25, -0.2) is 9.89 Å². The molecular weight excluding hydrogens is 468 g/mol. The SMILES string of the molecule is O=C(CSC1=Nc2ccccc2C2=NC(Cc3ccccc3)C(=O)N12)NCc1ccccc1Cl. The van der Waals surface area contributed by atoms with Crippen molar-refractivity contribution >= 4 is 51.9 Å². The summed E-state index contributed by atoms with van der Waals surface area (Å²) in [5.74, 6) is 0.412. The van der Waals surface area contributed by atoms with Crippen molar-refractivity contribution in [3.8, 4) is 0 Å². The van der Waals surface area contributed by atoms with E-state index in [4.69, 9.17) is 16.6 Å². The van der Waals surface area contributed by atoms with Crippen LogP contribution in [-0.4, -0.2) is 39.5 Å². The van der Waals surface area contributed by atoms with Crippen molar-refractivity contribution < 1.29 is 9.59 Å². The summed E-state index contributed by atoms with van der Waals surface area (Å²) in [5, 5.41) is 3.95. The number of halogens is 1. The first kappa shape index (κ1) is 22.4. The molecule has 170 valence electrons. The fourth-order valence-electron chi connectivity index (χ4n) is 3.89. The summed E-state index contributed by atoms with van der Waals surface area (Å²) in [6, 6.07) is 24.3. The van der Waals surface area contributed by atoms with Crippen LogP contribution in [0.5, 0.6) is 0 Å². The minimum Gasteiger partial charge on any atom is -0.351 e. The number of carbonyl (C=O) groups excluding carboxylic acids is 2. The van der Waals surface area contributed by atoms with Crippen molar-refractivity contribution in [2.24, 2.45) is 9.98 Å². The van der Waals surface area contributed by atoms with E-state index in [9.17, 15) is 9.59 Å². The fraction of sp³-hybridized carbons (Fsp3) is 0.154. The number of amides is 2. The summed E-state index contributed by atoms with van der Waals surface area (Å²) in [6.45, 7) is 0.336. The van der Waals surface area contributed by atoms with Crippen molar-refractivity contribution in [3.63, 3.8) is 0 Å². The van der Waals surface area contributed by atoms with Gasteiger partial charge in [0.2, 0.25) is 5.91 Å². The molecular formula is C26H21ClN4O2S. The molecule has 2 heterocycles. The summed E-state index contributed by atoms with van der Waals surface area (Å²) < 4.78 is 0. The van der Waals surface area contributed by atoms with Gasteiger partial charge in [-0.15, -0.1) is 0 Å². The average molecular weight is 489 g/mol. The molecule has 0 bridgehead atoms. The smallest absolute Gasteiger partial charge is 0.259 e. The Bertz CT molecular complexity index is 1310. The molecule has 5 rings (SSSR count). The highest BCUT2D eigenvalue weighted by Crippen LogP contribution is 2.34. The first-order valence-electron chi connectivity index (χ1n) is 10.9. The van der Waals surface area contributed by atoms with Crippen LogP contribution in [0, 0.1) is 0 Å². The van der Waals surface area contributed by atoms with Gasteiger partial charge in [-0.1, -0.05) is 84.0 Å². The molecule has 0 spiro atoms. The molecule has 0 radical (unpaired) electrons. The minimum absolute atomic E-state index is 0.117. The van der Waals surface area contributed by atoms with Crippen LogP contribution in [0.4, 0.5) is 5.69 Å². The topological polar surface area (TPSA) is 74.1 Å². The molecule has 2 aliphatic heterocycles. The number of rotatable bonds is 6. The van der Waals surface area contributed by atoms with E-state index < -0.39 is 6.04 Å². The van der Waals surface area contributed by atoms with Crippen molar-refractivity contribution in [2.75, 3.05) is 5.75 Å². The lowest BCUT2D eigenvalue weighted by Crippen LogP contribution is -2.42. The number of benzene rings is 3. The third kappa shape index (κ3) is 4.62. The Morgan fingerprint density at radius 3 is 2.56 bits per heavy atom. The van der Waals surface area contributed by atoms with Gasteiger partial charge in [0, 0.05) is 23.6 Å². The van der Waals surface area contributed by atoms with Gasteiger partial charge in [0.1, 0.15) is 11.9 Å². The number of hydrogen-bond donors (Lipinski definition) is 1. The average Bonchev–Trinajstić information content (AvgIpc) is 3.19. The summed E-state index contributed by atoms with van der Waals surface area (Å²) in [6.07, 6.45) is 0.512. The number of amidine groups is 2. The molecule has 6 nitrogen and oxygen atoms in total. The van der Waals surface area contributed by atoms with Gasteiger partial charge in [0.25, 0.3) is 5.91 Å². The Labute approximate surface area is 206 Å². The normalized spacial score (nSPS) is 16.4. The second-order valence-electron chi connectivity index (χ2n) is 7.90. The van der Waals surface area contributed by atoms with Crippen LogP contribution < -0.4 is 5.32 Å². The van der Waals surface area contributed by atoms with Crippen LogP contribution >= 0.6 is 23.4 Å². The van der Waals surface area contributed by atoms with E-state index >= 15 is 0 Å². The van der Waals surface area contributed by atoms with Crippen LogP contribution in [0.25, 0.3) is 0 Å². The molecule has 1 unspecified atom stereocenters. The highest BCUT2D eigenvalue weighted by molar-refractivity contribution is 8.14. The van der Waals surface area contributed by atoms with Crippen LogP contribution in [0.15, 0.2) is 88.8 Å². The van der Waals surface area contributed by atoms with Crippen molar-refractivity contribution in [1.29, 1.82) is 0 Å². The monoisotopic (exact) mass is 488 g/mol. The van der Waals surface area contributed by atoms with Gasteiger partial charge in [-0.2, -0.15) is 0 Å². The number of hydrogen-bond acceptors (Lipinski definition) is 5. The molecule has 0 saturated carbocycles. The van der Waals surface area contributed by atoms with E-state index in [0.717, 1.165) is 22.4 Å². The maximum Gasteiger partial charge on any atom is 0.259 e. The van der Waals surface area contributed by atoms with E-state index in [1.807, 2.05) is 72.8 Å². The Morgan fingerprint density at radius 1 is 1.00 bits per heavy atom. The summed E-state index contributed by atoms with van der Waals surface area (Å²) >= 11 is 7.40. The Balaban J connectivity index is 1.32. The molecule has 0 fully saturated rings. The van der Waals surface area contributed by atoms with Gasteiger partial charge in [-0.05, 0) is 29.3 Å². The third-order valence-corrected chi connectivity index (χ3v) is 6.89. The second-order valence-corrected chi connectivity index (χ2v) is 9.25. The van der Waals surface area contributed by atoms with Crippen molar-refractivity contribution in [1.82, 2.24) is 10.2 Å². The van der Waals surface area contributed by atoms with E-state index in [1.54, 1.807) is 11.0 Å². The lowest BCUT2D eigenvalue weighted by molar-refractivity contribution is -0.124. The highest BCUT2D eigenvalue weighted by atomic mass is 35.5. The summed E-state index contributed by atoms with van der Waals surface area (Å²) in [5.41, 5.74) is 3.45. The molecule has 0 aliphatic carbocycles. The van der Waals surface area contributed by atoms with Gasteiger partial charge < -0.3 is 5.32 Å². The number of aliphatic imine (C=N–C) groups is 2. The van der Waals surface area contributed by atoms with E-state index in [-0.39, 0.29) is 17.6 Å². The molecule has 2 amide bonds. The van der Waals surface area contributed by atoms with Crippen molar-refractivity contribution in [3.05, 3.63) is 101 Å². The highest BCUT2D eigenvalue weighted by Gasteiger charge is 2.41. The van der Waals surface area contributed by atoms with Gasteiger partial charge in [0.05, 0.1) is 11.4 Å². The zero-order valence-electron chi connectivity index (χ0n) is 18.1. The number of para-hydroxylation sites is 1. The Kier molecular flexibility index (Phi) is 6.47. The molecule has 34 heavy (non-hydrogen) atoms. The maximum atomic E-state index is 13.4.